The zero-order valence-corrected chi connectivity index (χ0v) is 18.3. The number of hydrogen-bond acceptors (Lipinski definition) is 3. The minimum absolute atomic E-state index is 0.0730. The van der Waals surface area contributed by atoms with Crippen molar-refractivity contribution < 1.29 is 14.3 Å². The fourth-order valence-corrected chi connectivity index (χ4v) is 3.43. The molecular weight excluding hydrogens is 342 g/mol. The van der Waals surface area contributed by atoms with E-state index in [0.717, 1.165) is 31.2 Å². The molecule has 5 heteroatoms. The molecule has 26 heavy (non-hydrogen) atoms. The molecule has 4 nitrogen and oxygen atoms in total. The van der Waals surface area contributed by atoms with Crippen molar-refractivity contribution in [2.24, 2.45) is 5.92 Å². The van der Waals surface area contributed by atoms with E-state index < -0.39 is 8.32 Å². The number of amides is 1. The quantitative estimate of drug-likeness (QED) is 0.530. The van der Waals surface area contributed by atoms with Gasteiger partial charge in [0.05, 0.1) is 0 Å². The summed E-state index contributed by atoms with van der Waals surface area (Å²) in [6, 6.07) is 9.78. The lowest BCUT2D eigenvalue weighted by Crippen LogP contribution is -2.41. The summed E-state index contributed by atoms with van der Waals surface area (Å²) in [7, 11) is -2.24. The first kappa shape index (κ1) is 22.7. The van der Waals surface area contributed by atoms with Gasteiger partial charge in [0, 0.05) is 6.04 Å². The average molecular weight is 380 g/mol. The summed E-state index contributed by atoms with van der Waals surface area (Å²) in [5.74, 6) is 0.539. The van der Waals surface area contributed by atoms with Gasteiger partial charge >= 0.3 is 6.09 Å². The highest BCUT2D eigenvalue weighted by molar-refractivity contribution is 6.72. The van der Waals surface area contributed by atoms with Gasteiger partial charge in [-0.1, -0.05) is 64.4 Å². The van der Waals surface area contributed by atoms with Crippen LogP contribution < -0.4 is 5.32 Å². The van der Waals surface area contributed by atoms with Crippen LogP contribution in [-0.2, 0) is 11.3 Å². The molecular formula is C21H37NO3Si. The molecule has 0 aliphatic rings. The predicted octanol–water partition coefficient (Wildman–Crippen LogP) is 5.48. The van der Waals surface area contributed by atoms with E-state index in [0.29, 0.717) is 5.92 Å². The lowest BCUT2D eigenvalue weighted by Gasteiger charge is -2.36. The summed E-state index contributed by atoms with van der Waals surface area (Å²) in [6.45, 7) is 12.9. The highest BCUT2D eigenvalue weighted by Gasteiger charge is 2.38. The highest BCUT2D eigenvalue weighted by atomic mass is 28.4. The van der Waals surface area contributed by atoms with Crippen molar-refractivity contribution >= 4 is 14.4 Å². The number of carbonyl (C=O) groups excluding carboxylic acids is 1. The molecule has 0 bridgehead atoms. The molecule has 2 atom stereocenters. The molecule has 0 saturated carbocycles. The minimum atomic E-state index is -2.24. The van der Waals surface area contributed by atoms with Gasteiger partial charge in [0.2, 0.25) is 0 Å². The number of ether oxygens (including phenoxy) is 1. The van der Waals surface area contributed by atoms with Crippen molar-refractivity contribution in [1.29, 1.82) is 0 Å². The maximum Gasteiger partial charge on any atom is 0.407 e. The third-order valence-corrected chi connectivity index (χ3v) is 9.25. The Labute approximate surface area is 160 Å². The smallest absolute Gasteiger partial charge is 0.407 e. The minimum Gasteiger partial charge on any atom is -0.445 e. The van der Waals surface area contributed by atoms with Gasteiger partial charge in [-0.3, -0.25) is 0 Å². The summed E-state index contributed by atoms with van der Waals surface area (Å²) in [5, 5.41) is 2.96. The second-order valence-electron chi connectivity index (χ2n) is 8.63. The summed E-state index contributed by atoms with van der Waals surface area (Å²) in [5.41, 5.74) is 0.982. The van der Waals surface area contributed by atoms with Crippen molar-refractivity contribution in [3.05, 3.63) is 35.9 Å². The van der Waals surface area contributed by atoms with E-state index in [4.69, 9.17) is 4.74 Å². The number of benzene rings is 1. The van der Waals surface area contributed by atoms with E-state index in [1.807, 2.05) is 43.4 Å². The van der Waals surface area contributed by atoms with E-state index in [-0.39, 0.29) is 23.8 Å². The maximum atomic E-state index is 12.2. The fraction of sp³-hybridized carbons (Fsp3) is 0.667. The SMILES string of the molecule is CC[C@H](C)C[C@@H](CCC(C)(C)[Si](C)(C)O)NC(=O)OCc1ccccc1. The first-order valence-corrected chi connectivity index (χ1v) is 12.7. The maximum absolute atomic E-state index is 12.2. The second-order valence-corrected chi connectivity index (χ2v) is 13.1. The topological polar surface area (TPSA) is 58.6 Å². The molecule has 0 fully saturated rings. The molecule has 1 rings (SSSR count). The third kappa shape index (κ3) is 7.91. The Kier molecular flexibility index (Phi) is 8.84. The molecule has 0 saturated heterocycles. The van der Waals surface area contributed by atoms with Gasteiger partial charge in [-0.2, -0.15) is 0 Å². The normalized spacial score (nSPS) is 14.6. The Morgan fingerprint density at radius 1 is 1.27 bits per heavy atom. The van der Waals surface area contributed by atoms with Gasteiger partial charge in [0.1, 0.15) is 6.61 Å². The van der Waals surface area contributed by atoms with E-state index >= 15 is 0 Å². The molecule has 1 aromatic carbocycles. The van der Waals surface area contributed by atoms with Crippen LogP contribution in [0.4, 0.5) is 4.79 Å². The van der Waals surface area contributed by atoms with E-state index in [1.54, 1.807) is 0 Å². The van der Waals surface area contributed by atoms with Crippen LogP contribution in [0.1, 0.15) is 58.9 Å². The van der Waals surface area contributed by atoms with Crippen LogP contribution in [0.15, 0.2) is 30.3 Å². The van der Waals surface area contributed by atoms with Crippen molar-refractivity contribution in [2.75, 3.05) is 0 Å². The van der Waals surface area contributed by atoms with Crippen LogP contribution in [0, 0.1) is 5.92 Å². The van der Waals surface area contributed by atoms with Gasteiger partial charge in [0.15, 0.2) is 8.32 Å². The van der Waals surface area contributed by atoms with Crippen LogP contribution in [-0.4, -0.2) is 25.2 Å². The molecule has 0 aromatic heterocycles. The highest BCUT2D eigenvalue weighted by Crippen LogP contribution is 2.40. The van der Waals surface area contributed by atoms with Crippen molar-refractivity contribution in [3.63, 3.8) is 0 Å². The van der Waals surface area contributed by atoms with E-state index in [1.165, 1.54) is 0 Å². The van der Waals surface area contributed by atoms with Crippen LogP contribution in [0.3, 0.4) is 0 Å². The molecule has 1 amide bonds. The lowest BCUT2D eigenvalue weighted by molar-refractivity contribution is 0.133. The van der Waals surface area contributed by atoms with Crippen LogP contribution in [0.25, 0.3) is 0 Å². The van der Waals surface area contributed by atoms with Crippen LogP contribution in [0.5, 0.6) is 0 Å². The Hall–Kier alpha value is -1.33. The molecule has 0 radical (unpaired) electrons. The molecule has 0 spiro atoms. The Morgan fingerprint density at radius 2 is 1.88 bits per heavy atom. The number of nitrogens with one attached hydrogen (secondary N) is 1. The Morgan fingerprint density at radius 3 is 2.42 bits per heavy atom. The van der Waals surface area contributed by atoms with E-state index in [9.17, 15) is 9.59 Å². The summed E-state index contributed by atoms with van der Waals surface area (Å²) in [4.78, 5) is 22.7. The zero-order valence-electron chi connectivity index (χ0n) is 17.3. The first-order chi connectivity index (χ1) is 12.0. The fourth-order valence-electron chi connectivity index (χ4n) is 2.67. The van der Waals surface area contributed by atoms with Crippen LogP contribution >= 0.6 is 0 Å². The number of rotatable bonds is 10. The monoisotopic (exact) mass is 379 g/mol. The zero-order chi connectivity index (χ0) is 19.8. The van der Waals surface area contributed by atoms with Gasteiger partial charge in [0.25, 0.3) is 0 Å². The van der Waals surface area contributed by atoms with Crippen molar-refractivity contribution in [1.82, 2.24) is 5.32 Å². The van der Waals surface area contributed by atoms with Gasteiger partial charge < -0.3 is 14.8 Å². The molecule has 0 aliphatic heterocycles. The molecule has 0 aliphatic carbocycles. The van der Waals surface area contributed by atoms with Crippen molar-refractivity contribution in [3.8, 4) is 0 Å². The number of carbonyl (C=O) groups is 1. The molecule has 1 aromatic rings. The number of hydrogen-bond donors (Lipinski definition) is 2. The summed E-state index contributed by atoms with van der Waals surface area (Å²) < 4.78 is 5.38. The third-order valence-electron chi connectivity index (χ3n) is 5.69. The van der Waals surface area contributed by atoms with Gasteiger partial charge in [-0.15, -0.1) is 0 Å². The predicted molar refractivity (Wildman–Crippen MR) is 111 cm³/mol. The standard InChI is InChI=1S/C21H37NO3Si/c1-7-17(2)15-19(13-14-21(3,4)26(5,6)24)22-20(23)25-16-18-11-9-8-10-12-18/h8-12,17,19,24H,7,13-16H2,1-6H3,(H,22,23)/t17-,19+/m0/s1. The second kappa shape index (κ2) is 10.1. The Balaban J connectivity index is 2.60. The average Bonchev–Trinajstić information content (AvgIpc) is 2.57. The van der Waals surface area contributed by atoms with Gasteiger partial charge in [-0.05, 0) is 48.9 Å². The number of alkyl carbamates (subject to hydrolysis) is 1. The molecule has 2 N–H and O–H groups in total. The van der Waals surface area contributed by atoms with Gasteiger partial charge in [-0.25, -0.2) is 4.79 Å². The molecule has 0 heterocycles. The molecule has 0 unspecified atom stereocenters. The first-order valence-electron chi connectivity index (χ1n) is 9.74. The van der Waals surface area contributed by atoms with Crippen molar-refractivity contribution in [2.45, 2.75) is 84.2 Å². The largest absolute Gasteiger partial charge is 0.445 e. The Bertz CT molecular complexity index is 540. The van der Waals surface area contributed by atoms with Crippen LogP contribution in [0.2, 0.25) is 18.1 Å². The molecule has 148 valence electrons. The van der Waals surface area contributed by atoms with E-state index in [2.05, 4.69) is 33.0 Å². The summed E-state index contributed by atoms with van der Waals surface area (Å²) in [6.07, 6.45) is 3.40. The lowest BCUT2D eigenvalue weighted by atomic mass is 9.93. The summed E-state index contributed by atoms with van der Waals surface area (Å²) >= 11 is 0.